The highest BCUT2D eigenvalue weighted by Gasteiger charge is 2.26. The van der Waals surface area contributed by atoms with Crippen LogP contribution >= 0.6 is 23.2 Å². The number of rotatable bonds is 6. The Morgan fingerprint density at radius 3 is 2.44 bits per heavy atom. The van der Waals surface area contributed by atoms with E-state index in [9.17, 15) is 14.0 Å². The largest absolute Gasteiger partial charge is 0.494 e. The number of anilines is 5. The number of piperazine rings is 1. The van der Waals surface area contributed by atoms with Crippen molar-refractivity contribution in [2.75, 3.05) is 48.8 Å². The van der Waals surface area contributed by atoms with E-state index < -0.39 is 17.0 Å². The van der Waals surface area contributed by atoms with E-state index >= 15 is 0 Å². The molecular formula is C29H30Cl2FN7O4. The summed E-state index contributed by atoms with van der Waals surface area (Å²) < 4.78 is 25.0. The van der Waals surface area contributed by atoms with Crippen molar-refractivity contribution >= 4 is 68.8 Å². The van der Waals surface area contributed by atoms with Crippen LogP contribution in [0.15, 0.2) is 47.4 Å². The van der Waals surface area contributed by atoms with Crippen LogP contribution in [0.4, 0.5) is 37.9 Å². The molecule has 1 saturated heterocycles. The Labute approximate surface area is 256 Å². The van der Waals surface area contributed by atoms with Gasteiger partial charge in [-0.2, -0.15) is 5.10 Å². The number of aromatic nitrogens is 3. The van der Waals surface area contributed by atoms with E-state index in [1.54, 1.807) is 18.1 Å². The average Bonchev–Trinajstić information content (AvgIpc) is 2.97. The van der Waals surface area contributed by atoms with E-state index in [-0.39, 0.29) is 27.3 Å². The van der Waals surface area contributed by atoms with Crippen molar-refractivity contribution in [1.29, 1.82) is 0 Å². The van der Waals surface area contributed by atoms with Gasteiger partial charge in [0, 0.05) is 43.3 Å². The highest BCUT2D eigenvalue weighted by Crippen LogP contribution is 2.36. The molecule has 0 spiro atoms. The number of methoxy groups -OCH3 is 1. The molecule has 0 atom stereocenters. The van der Waals surface area contributed by atoms with Crippen molar-refractivity contribution < 1.29 is 18.7 Å². The lowest BCUT2D eigenvalue weighted by Crippen LogP contribution is -2.50. The van der Waals surface area contributed by atoms with Gasteiger partial charge in [-0.15, -0.1) is 0 Å². The molecule has 0 bridgehead atoms. The number of carbonyl (C=O) groups excluding carboxylic acids is 1. The fourth-order valence-corrected chi connectivity index (χ4v) is 4.98. The minimum absolute atomic E-state index is 0.00806. The van der Waals surface area contributed by atoms with E-state index in [2.05, 4.69) is 30.7 Å². The molecule has 226 valence electrons. The number of hydrogen-bond donors (Lipinski definition) is 3. The summed E-state index contributed by atoms with van der Waals surface area (Å²) in [6.07, 6.45) is 1.17. The molecule has 4 aromatic rings. The molecule has 1 aliphatic rings. The van der Waals surface area contributed by atoms with Crippen LogP contribution in [0, 0.1) is 5.82 Å². The maximum absolute atomic E-state index is 13.8. The van der Waals surface area contributed by atoms with Gasteiger partial charge in [0.05, 0.1) is 40.1 Å². The Hall–Kier alpha value is -4.29. The minimum Gasteiger partial charge on any atom is -0.494 e. The third-order valence-corrected chi connectivity index (χ3v) is 7.54. The summed E-state index contributed by atoms with van der Waals surface area (Å²) in [6, 6.07) is 9.87. The second-order valence-electron chi connectivity index (χ2n) is 10.8. The molecule has 2 aromatic carbocycles. The molecular weight excluding hydrogens is 600 g/mol. The topological polar surface area (TPSA) is 125 Å². The zero-order valence-electron chi connectivity index (χ0n) is 23.9. The molecule has 1 amide bonds. The molecule has 0 radical (unpaired) electrons. The number of fused-ring (bicyclic) bond motifs is 1. The van der Waals surface area contributed by atoms with Gasteiger partial charge in [-0.3, -0.25) is 4.79 Å². The Morgan fingerprint density at radius 2 is 1.74 bits per heavy atom. The van der Waals surface area contributed by atoms with Crippen LogP contribution in [-0.4, -0.2) is 65.1 Å². The van der Waals surface area contributed by atoms with Gasteiger partial charge in [-0.25, -0.2) is 19.3 Å². The molecule has 14 heteroatoms. The number of aromatic amines is 1. The minimum atomic E-state index is -0.651. The molecule has 0 aliphatic carbocycles. The lowest BCUT2D eigenvalue weighted by molar-refractivity contribution is 0.0240. The first-order valence-electron chi connectivity index (χ1n) is 13.4. The fourth-order valence-electron chi connectivity index (χ4n) is 4.62. The molecule has 11 nitrogen and oxygen atoms in total. The summed E-state index contributed by atoms with van der Waals surface area (Å²) in [5.41, 5.74) is 0.800. The normalized spacial score (nSPS) is 13.7. The summed E-state index contributed by atoms with van der Waals surface area (Å²) in [5, 5.41) is 13.1. The van der Waals surface area contributed by atoms with Gasteiger partial charge in [0.25, 0.3) is 5.56 Å². The second-order valence-corrected chi connectivity index (χ2v) is 11.6. The molecule has 0 saturated carbocycles. The zero-order valence-corrected chi connectivity index (χ0v) is 25.4. The SMILES string of the molecule is COc1cc(N2CCN(C(=O)OC(C)(C)C)CC2)ccc1Nc1nc(Nc2ccc(F)c(Cl)c2Cl)cc2cn[nH]c(=O)c12. The number of benzene rings is 2. The maximum Gasteiger partial charge on any atom is 0.410 e. The quantitative estimate of drug-likeness (QED) is 0.210. The van der Waals surface area contributed by atoms with Crippen LogP contribution in [0.2, 0.25) is 10.0 Å². The predicted molar refractivity (Wildman–Crippen MR) is 166 cm³/mol. The van der Waals surface area contributed by atoms with Gasteiger partial charge >= 0.3 is 6.09 Å². The number of nitrogens with one attached hydrogen (secondary N) is 3. The molecule has 2 aromatic heterocycles. The van der Waals surface area contributed by atoms with Gasteiger partial charge in [0.2, 0.25) is 0 Å². The Bertz CT molecular complexity index is 1740. The van der Waals surface area contributed by atoms with E-state index in [1.807, 2.05) is 39.0 Å². The number of carbonyl (C=O) groups is 1. The Balaban J connectivity index is 1.40. The molecule has 1 aliphatic heterocycles. The highest BCUT2D eigenvalue weighted by atomic mass is 35.5. The summed E-state index contributed by atoms with van der Waals surface area (Å²) in [4.78, 5) is 33.7. The number of H-pyrrole nitrogens is 1. The van der Waals surface area contributed by atoms with Crippen LogP contribution in [-0.2, 0) is 4.74 Å². The summed E-state index contributed by atoms with van der Waals surface area (Å²) in [6.45, 7) is 7.82. The molecule has 3 N–H and O–H groups in total. The highest BCUT2D eigenvalue weighted by molar-refractivity contribution is 6.43. The van der Waals surface area contributed by atoms with Gasteiger partial charge in [0.1, 0.15) is 28.8 Å². The van der Waals surface area contributed by atoms with E-state index in [1.165, 1.54) is 18.3 Å². The molecule has 3 heterocycles. The number of pyridine rings is 1. The van der Waals surface area contributed by atoms with Gasteiger partial charge in [0.15, 0.2) is 0 Å². The first kappa shape index (κ1) is 30.2. The van der Waals surface area contributed by atoms with Crippen molar-refractivity contribution in [3.05, 3.63) is 68.8 Å². The monoisotopic (exact) mass is 629 g/mol. The van der Waals surface area contributed by atoms with Crippen LogP contribution in [0.1, 0.15) is 20.8 Å². The first-order chi connectivity index (χ1) is 20.4. The number of ether oxygens (including phenoxy) is 2. The second kappa shape index (κ2) is 12.1. The van der Waals surface area contributed by atoms with Gasteiger partial charge in [-0.1, -0.05) is 23.2 Å². The van der Waals surface area contributed by atoms with E-state index in [0.717, 1.165) is 5.69 Å². The number of halogens is 3. The van der Waals surface area contributed by atoms with Crippen molar-refractivity contribution in [3.8, 4) is 5.75 Å². The summed E-state index contributed by atoms with van der Waals surface area (Å²) in [5.74, 6) is 0.400. The number of hydrogen-bond acceptors (Lipinski definition) is 9. The fraction of sp³-hybridized carbons (Fsp3) is 0.310. The van der Waals surface area contributed by atoms with Crippen LogP contribution in [0.3, 0.4) is 0 Å². The van der Waals surface area contributed by atoms with Gasteiger partial charge in [-0.05, 0) is 51.1 Å². The van der Waals surface area contributed by atoms with Crippen molar-refractivity contribution in [1.82, 2.24) is 20.1 Å². The lowest BCUT2D eigenvalue weighted by Gasteiger charge is -2.37. The van der Waals surface area contributed by atoms with E-state index in [4.69, 9.17) is 32.7 Å². The van der Waals surface area contributed by atoms with Gasteiger partial charge < -0.3 is 29.9 Å². The number of amides is 1. The summed E-state index contributed by atoms with van der Waals surface area (Å²) in [7, 11) is 1.55. The first-order valence-corrected chi connectivity index (χ1v) is 14.2. The molecule has 0 unspecified atom stereocenters. The van der Waals surface area contributed by atoms with E-state index in [0.29, 0.717) is 54.5 Å². The van der Waals surface area contributed by atoms with Crippen LogP contribution in [0.5, 0.6) is 5.75 Å². The maximum atomic E-state index is 13.8. The smallest absolute Gasteiger partial charge is 0.410 e. The lowest BCUT2D eigenvalue weighted by atomic mass is 10.2. The van der Waals surface area contributed by atoms with Crippen LogP contribution < -0.4 is 25.8 Å². The van der Waals surface area contributed by atoms with Crippen molar-refractivity contribution in [2.45, 2.75) is 26.4 Å². The Morgan fingerprint density at radius 1 is 1.02 bits per heavy atom. The van der Waals surface area contributed by atoms with Crippen LogP contribution in [0.25, 0.3) is 10.8 Å². The van der Waals surface area contributed by atoms with Crippen molar-refractivity contribution in [3.63, 3.8) is 0 Å². The Kier molecular flexibility index (Phi) is 8.52. The molecule has 43 heavy (non-hydrogen) atoms. The predicted octanol–water partition coefficient (Wildman–Crippen LogP) is 6.32. The number of nitrogens with zero attached hydrogens (tertiary/aromatic N) is 4. The average molecular weight is 631 g/mol. The molecule has 5 rings (SSSR count). The standard InChI is InChI=1S/C29H30Cl2FN7O4/c1-29(2,3)43-28(41)39-11-9-38(10-12-39)17-5-7-19(21(14-17)42-4)35-26-23-16(15-33-37-27(23)40)13-22(36-26)34-20-8-6-18(32)24(30)25(20)31/h5-8,13-15H,9-12H2,1-4H3,(H,37,40)(H2,34,35,36). The third-order valence-electron chi connectivity index (χ3n) is 6.68. The third kappa shape index (κ3) is 6.70. The molecule has 1 fully saturated rings. The zero-order chi connectivity index (χ0) is 30.9. The summed E-state index contributed by atoms with van der Waals surface area (Å²) >= 11 is 12.2. The van der Waals surface area contributed by atoms with Crippen molar-refractivity contribution in [2.24, 2.45) is 0 Å².